The zero-order valence-electron chi connectivity index (χ0n) is 9.86. The van der Waals surface area contributed by atoms with Crippen molar-refractivity contribution < 1.29 is 14.4 Å². The van der Waals surface area contributed by atoms with Crippen LogP contribution in [-0.4, -0.2) is 48.8 Å². The highest BCUT2D eigenvalue weighted by atomic mass is 16.2. The van der Waals surface area contributed by atoms with Gasteiger partial charge in [-0.1, -0.05) is 0 Å². The molecule has 2 heterocycles. The van der Waals surface area contributed by atoms with E-state index in [4.69, 9.17) is 0 Å². The zero-order chi connectivity index (χ0) is 12.4. The van der Waals surface area contributed by atoms with Crippen molar-refractivity contribution in [1.82, 2.24) is 15.5 Å². The van der Waals surface area contributed by atoms with Crippen molar-refractivity contribution in [3.63, 3.8) is 0 Å². The van der Waals surface area contributed by atoms with Crippen molar-refractivity contribution >= 4 is 17.7 Å². The first-order valence-corrected chi connectivity index (χ1v) is 5.91. The Morgan fingerprint density at radius 3 is 2.53 bits per heavy atom. The number of piperidine rings is 1. The summed E-state index contributed by atoms with van der Waals surface area (Å²) in [5.74, 6) is -0.680. The smallest absolute Gasteiger partial charge is 0.252 e. The second kappa shape index (κ2) is 4.83. The third-order valence-corrected chi connectivity index (χ3v) is 3.41. The maximum atomic E-state index is 11.9. The Morgan fingerprint density at radius 1 is 1.35 bits per heavy atom. The van der Waals surface area contributed by atoms with Crippen LogP contribution < -0.4 is 10.6 Å². The van der Waals surface area contributed by atoms with Crippen molar-refractivity contribution in [3.8, 4) is 0 Å². The molecule has 0 radical (unpaired) electrons. The fourth-order valence-corrected chi connectivity index (χ4v) is 2.24. The molecular weight excluding hydrogens is 222 g/mol. The van der Waals surface area contributed by atoms with Gasteiger partial charge in [0.25, 0.3) is 5.91 Å². The van der Waals surface area contributed by atoms with Gasteiger partial charge in [0.15, 0.2) is 0 Å². The van der Waals surface area contributed by atoms with Crippen LogP contribution in [0.15, 0.2) is 0 Å². The van der Waals surface area contributed by atoms with Crippen LogP contribution in [0.25, 0.3) is 0 Å². The summed E-state index contributed by atoms with van der Waals surface area (Å²) in [6, 6.07) is -0.658. The van der Waals surface area contributed by atoms with Crippen LogP contribution in [-0.2, 0) is 14.4 Å². The van der Waals surface area contributed by atoms with Crippen LogP contribution in [0.5, 0.6) is 0 Å². The van der Waals surface area contributed by atoms with E-state index in [1.165, 1.54) is 7.05 Å². The molecule has 2 aliphatic rings. The van der Waals surface area contributed by atoms with E-state index in [2.05, 4.69) is 10.6 Å². The number of hydrogen-bond acceptors (Lipinski definition) is 4. The van der Waals surface area contributed by atoms with Gasteiger partial charge in [0.2, 0.25) is 11.8 Å². The second-order valence-corrected chi connectivity index (χ2v) is 4.58. The van der Waals surface area contributed by atoms with Gasteiger partial charge in [-0.2, -0.15) is 0 Å². The molecule has 0 saturated carbocycles. The van der Waals surface area contributed by atoms with Crippen LogP contribution in [0.4, 0.5) is 0 Å². The Balaban J connectivity index is 1.90. The van der Waals surface area contributed by atoms with E-state index in [0.29, 0.717) is 0 Å². The lowest BCUT2D eigenvalue weighted by atomic mass is 9.97. The number of nitrogens with zero attached hydrogens (tertiary/aromatic N) is 1. The molecule has 2 aliphatic heterocycles. The van der Waals surface area contributed by atoms with E-state index >= 15 is 0 Å². The minimum absolute atomic E-state index is 0.0370. The Bertz CT molecular complexity index is 350. The van der Waals surface area contributed by atoms with Gasteiger partial charge in [0.05, 0.1) is 6.42 Å². The third-order valence-electron chi connectivity index (χ3n) is 3.41. The molecule has 1 atom stereocenters. The molecule has 94 valence electrons. The van der Waals surface area contributed by atoms with Crippen LogP contribution >= 0.6 is 0 Å². The average Bonchev–Trinajstić information content (AvgIpc) is 2.58. The largest absolute Gasteiger partial charge is 0.344 e. The molecule has 0 aliphatic carbocycles. The number of rotatable bonds is 2. The lowest BCUT2D eigenvalue weighted by Crippen LogP contribution is -2.45. The monoisotopic (exact) mass is 239 g/mol. The molecule has 3 amide bonds. The molecular formula is C11H17N3O3. The lowest BCUT2D eigenvalue weighted by Gasteiger charge is -2.23. The molecule has 0 aromatic heterocycles. The molecule has 2 fully saturated rings. The van der Waals surface area contributed by atoms with Crippen LogP contribution in [0.1, 0.15) is 19.3 Å². The summed E-state index contributed by atoms with van der Waals surface area (Å²) in [7, 11) is 1.45. The molecule has 6 heteroatoms. The quantitative estimate of drug-likeness (QED) is 0.597. The molecule has 1 unspecified atom stereocenters. The summed E-state index contributed by atoms with van der Waals surface area (Å²) in [5.41, 5.74) is 0. The fraction of sp³-hybridized carbons (Fsp3) is 0.727. The third kappa shape index (κ3) is 2.46. The fourth-order valence-electron chi connectivity index (χ4n) is 2.24. The van der Waals surface area contributed by atoms with Gasteiger partial charge in [-0.15, -0.1) is 0 Å². The van der Waals surface area contributed by atoms with E-state index in [1.54, 1.807) is 0 Å². The number of likely N-dealkylation sites (tertiary alicyclic amines) is 1. The Kier molecular flexibility index (Phi) is 3.42. The summed E-state index contributed by atoms with van der Waals surface area (Å²) in [5, 5.41) is 5.86. The number of amides is 3. The number of nitrogens with one attached hydrogen (secondary N) is 2. The maximum absolute atomic E-state index is 11.9. The number of carbonyl (C=O) groups excluding carboxylic acids is 3. The standard InChI is InChI=1S/C11H17N3O3/c1-14-9(15)6-8(11(14)17)13-10(16)7-2-4-12-5-3-7/h7-8,12H,2-6H2,1H3,(H,13,16). The van der Waals surface area contributed by atoms with Crippen molar-refractivity contribution in [2.75, 3.05) is 20.1 Å². The lowest BCUT2D eigenvalue weighted by molar-refractivity contribution is -0.138. The van der Waals surface area contributed by atoms with Crippen molar-refractivity contribution in [1.29, 1.82) is 0 Å². The van der Waals surface area contributed by atoms with Crippen LogP contribution in [0, 0.1) is 5.92 Å². The van der Waals surface area contributed by atoms with Crippen molar-refractivity contribution in [2.45, 2.75) is 25.3 Å². The maximum Gasteiger partial charge on any atom is 0.252 e. The van der Waals surface area contributed by atoms with Crippen molar-refractivity contribution in [3.05, 3.63) is 0 Å². The molecule has 0 aromatic rings. The highest BCUT2D eigenvalue weighted by Crippen LogP contribution is 2.15. The van der Waals surface area contributed by atoms with E-state index < -0.39 is 6.04 Å². The predicted molar refractivity (Wildman–Crippen MR) is 59.9 cm³/mol. The minimum Gasteiger partial charge on any atom is -0.344 e. The number of hydrogen-bond donors (Lipinski definition) is 2. The molecule has 2 N–H and O–H groups in total. The summed E-state index contributed by atoms with van der Waals surface area (Å²) in [6.45, 7) is 1.66. The number of imide groups is 1. The first kappa shape index (κ1) is 12.0. The summed E-state index contributed by atoms with van der Waals surface area (Å²) in [6.07, 6.45) is 1.67. The minimum atomic E-state index is -0.658. The molecule has 0 bridgehead atoms. The number of likely N-dealkylation sites (N-methyl/N-ethyl adjacent to an activating group) is 1. The van der Waals surface area contributed by atoms with E-state index in [9.17, 15) is 14.4 Å². The average molecular weight is 239 g/mol. The molecule has 0 spiro atoms. The molecule has 2 rings (SSSR count). The van der Waals surface area contributed by atoms with E-state index in [-0.39, 0.29) is 30.1 Å². The van der Waals surface area contributed by atoms with Gasteiger partial charge in [0.1, 0.15) is 6.04 Å². The van der Waals surface area contributed by atoms with Gasteiger partial charge < -0.3 is 10.6 Å². The molecule has 17 heavy (non-hydrogen) atoms. The van der Waals surface area contributed by atoms with Gasteiger partial charge in [0, 0.05) is 13.0 Å². The molecule has 0 aromatic carbocycles. The van der Waals surface area contributed by atoms with Gasteiger partial charge in [-0.05, 0) is 25.9 Å². The Hall–Kier alpha value is -1.43. The summed E-state index contributed by atoms with van der Waals surface area (Å²) >= 11 is 0. The Morgan fingerprint density at radius 2 is 2.00 bits per heavy atom. The first-order chi connectivity index (χ1) is 8.09. The first-order valence-electron chi connectivity index (χ1n) is 5.91. The highest BCUT2D eigenvalue weighted by Gasteiger charge is 2.37. The Labute approximate surface area is 99.7 Å². The number of carbonyl (C=O) groups is 3. The SMILES string of the molecule is CN1C(=O)CC(NC(=O)C2CCNCC2)C1=O. The molecule has 2 saturated heterocycles. The van der Waals surface area contributed by atoms with Gasteiger partial charge in [-0.25, -0.2) is 0 Å². The highest BCUT2D eigenvalue weighted by molar-refractivity contribution is 6.06. The summed E-state index contributed by atoms with van der Waals surface area (Å²) < 4.78 is 0. The summed E-state index contributed by atoms with van der Waals surface area (Å²) in [4.78, 5) is 35.9. The second-order valence-electron chi connectivity index (χ2n) is 4.58. The van der Waals surface area contributed by atoms with Crippen LogP contribution in [0.3, 0.4) is 0 Å². The predicted octanol–water partition coefficient (Wildman–Crippen LogP) is -1.14. The van der Waals surface area contributed by atoms with E-state index in [0.717, 1.165) is 30.8 Å². The zero-order valence-corrected chi connectivity index (χ0v) is 9.86. The topological polar surface area (TPSA) is 78.5 Å². The van der Waals surface area contributed by atoms with E-state index in [1.807, 2.05) is 0 Å². The van der Waals surface area contributed by atoms with Gasteiger partial charge in [-0.3, -0.25) is 19.3 Å². The normalized spacial score (nSPS) is 26.4. The van der Waals surface area contributed by atoms with Crippen molar-refractivity contribution in [2.24, 2.45) is 5.92 Å². The molecule has 6 nitrogen and oxygen atoms in total. The van der Waals surface area contributed by atoms with Gasteiger partial charge >= 0.3 is 0 Å². The van der Waals surface area contributed by atoms with Crippen LogP contribution in [0.2, 0.25) is 0 Å².